The molecule has 7 heteroatoms. The number of aliphatic imine (C=N–C) groups is 1. The van der Waals surface area contributed by atoms with Gasteiger partial charge in [0.15, 0.2) is 16.7 Å². The van der Waals surface area contributed by atoms with Crippen LogP contribution in [0.25, 0.3) is 6.08 Å². The van der Waals surface area contributed by atoms with Crippen LogP contribution in [0.4, 0.5) is 0 Å². The van der Waals surface area contributed by atoms with E-state index < -0.39 is 0 Å². The van der Waals surface area contributed by atoms with Crippen molar-refractivity contribution in [1.82, 2.24) is 4.90 Å². The van der Waals surface area contributed by atoms with Gasteiger partial charge in [-0.05, 0) is 61.2 Å². The number of carbonyl (C=O) groups excluding carboxylic acids is 1. The van der Waals surface area contributed by atoms with Crippen LogP contribution in [0.3, 0.4) is 0 Å². The predicted molar refractivity (Wildman–Crippen MR) is 107 cm³/mol. The van der Waals surface area contributed by atoms with E-state index in [1.54, 1.807) is 13.2 Å². The Hall–Kier alpha value is -1.66. The molecule has 0 unspecified atom stereocenters. The molecule has 5 nitrogen and oxygen atoms in total. The summed E-state index contributed by atoms with van der Waals surface area (Å²) in [6.07, 6.45) is 6.24. The highest BCUT2D eigenvalue weighted by Crippen LogP contribution is 2.38. The maximum atomic E-state index is 12.3. The summed E-state index contributed by atoms with van der Waals surface area (Å²) >= 11 is 7.79. The summed E-state index contributed by atoms with van der Waals surface area (Å²) in [6.45, 7) is 4.53. The monoisotopic (exact) mass is 394 g/mol. The molecule has 0 atom stereocenters. The van der Waals surface area contributed by atoms with Crippen LogP contribution in [-0.2, 0) is 4.79 Å². The van der Waals surface area contributed by atoms with E-state index in [-0.39, 0.29) is 5.91 Å². The molecule has 2 aliphatic heterocycles. The third-order valence-corrected chi connectivity index (χ3v) is 5.56. The number of rotatable bonds is 5. The highest BCUT2D eigenvalue weighted by molar-refractivity contribution is 8.18. The molecule has 0 N–H and O–H groups in total. The predicted octanol–water partition coefficient (Wildman–Crippen LogP) is 4.59. The standard InChI is InChI=1S/C19H23ClN2O3S/c1-3-9-25-17-14(20)10-13(11-15(17)24-2)12-16-18(23)21-19(26-16)22-7-5-4-6-8-22/h10-12H,3-9H2,1-2H3/b16-12-. The van der Waals surface area contributed by atoms with Gasteiger partial charge in [-0.2, -0.15) is 4.99 Å². The summed E-state index contributed by atoms with van der Waals surface area (Å²) in [4.78, 5) is 19.3. The molecule has 0 radical (unpaired) electrons. The number of methoxy groups -OCH3 is 1. The molecule has 0 saturated carbocycles. The van der Waals surface area contributed by atoms with Crippen LogP contribution >= 0.6 is 23.4 Å². The van der Waals surface area contributed by atoms with Crippen LogP contribution in [0, 0.1) is 0 Å². The van der Waals surface area contributed by atoms with Crippen molar-refractivity contribution in [1.29, 1.82) is 0 Å². The van der Waals surface area contributed by atoms with Crippen LogP contribution in [0.2, 0.25) is 5.02 Å². The van der Waals surface area contributed by atoms with Gasteiger partial charge in [-0.25, -0.2) is 0 Å². The summed E-state index contributed by atoms with van der Waals surface area (Å²) in [7, 11) is 1.58. The highest BCUT2D eigenvalue weighted by atomic mass is 35.5. The highest BCUT2D eigenvalue weighted by Gasteiger charge is 2.27. The van der Waals surface area contributed by atoms with E-state index in [9.17, 15) is 4.79 Å². The van der Waals surface area contributed by atoms with E-state index in [0.717, 1.165) is 43.1 Å². The van der Waals surface area contributed by atoms with Gasteiger partial charge in [-0.3, -0.25) is 4.79 Å². The molecular formula is C19H23ClN2O3S. The Kier molecular flexibility index (Phi) is 6.48. The SMILES string of the molecule is CCCOc1c(Cl)cc(/C=C2\SC(N3CCCCC3)=NC2=O)cc1OC. The molecule has 0 aromatic heterocycles. The zero-order valence-corrected chi connectivity index (χ0v) is 16.7. The van der Waals surface area contributed by atoms with E-state index in [1.807, 2.05) is 19.1 Å². The number of thioether (sulfide) groups is 1. The summed E-state index contributed by atoms with van der Waals surface area (Å²) in [5, 5.41) is 1.28. The number of amidine groups is 1. The van der Waals surface area contributed by atoms with Gasteiger partial charge < -0.3 is 14.4 Å². The first kappa shape index (κ1) is 19.1. The van der Waals surface area contributed by atoms with Crippen molar-refractivity contribution in [2.24, 2.45) is 4.99 Å². The molecule has 0 spiro atoms. The maximum Gasteiger partial charge on any atom is 0.286 e. The number of hydrogen-bond donors (Lipinski definition) is 0. The number of benzene rings is 1. The number of likely N-dealkylation sites (tertiary alicyclic amines) is 1. The molecule has 3 rings (SSSR count). The lowest BCUT2D eigenvalue weighted by Crippen LogP contribution is -2.33. The van der Waals surface area contributed by atoms with E-state index in [1.165, 1.54) is 18.2 Å². The maximum absolute atomic E-state index is 12.3. The molecule has 1 saturated heterocycles. The topological polar surface area (TPSA) is 51.1 Å². The van der Waals surface area contributed by atoms with Crippen LogP contribution in [0.1, 0.15) is 38.2 Å². The molecule has 1 aromatic rings. The number of piperidine rings is 1. The average molecular weight is 395 g/mol. The Balaban J connectivity index is 1.79. The number of hydrogen-bond acceptors (Lipinski definition) is 5. The number of nitrogens with zero attached hydrogens (tertiary/aromatic N) is 2. The van der Waals surface area contributed by atoms with Crippen LogP contribution in [0.15, 0.2) is 22.0 Å². The molecular weight excluding hydrogens is 372 g/mol. The van der Waals surface area contributed by atoms with Crippen LogP contribution in [0.5, 0.6) is 11.5 Å². The Morgan fingerprint density at radius 1 is 1.31 bits per heavy atom. The Bertz CT molecular complexity index is 743. The molecule has 1 amide bonds. The van der Waals surface area contributed by atoms with E-state index in [0.29, 0.717) is 28.0 Å². The summed E-state index contributed by atoms with van der Waals surface area (Å²) in [6, 6.07) is 3.62. The van der Waals surface area contributed by atoms with Gasteiger partial charge in [0.25, 0.3) is 5.91 Å². The van der Waals surface area contributed by atoms with Gasteiger partial charge in [0.2, 0.25) is 0 Å². The normalized spacial score (nSPS) is 19.0. The Labute approximate surface area is 163 Å². The molecule has 0 aliphatic carbocycles. The van der Waals surface area contributed by atoms with Crippen molar-refractivity contribution in [2.45, 2.75) is 32.6 Å². The third kappa shape index (κ3) is 4.35. The largest absolute Gasteiger partial charge is 0.493 e. The zero-order chi connectivity index (χ0) is 18.5. The first-order chi connectivity index (χ1) is 12.6. The quantitative estimate of drug-likeness (QED) is 0.683. The van der Waals surface area contributed by atoms with Crippen LogP contribution in [-0.4, -0.2) is 42.8 Å². The van der Waals surface area contributed by atoms with Gasteiger partial charge in [0.05, 0.1) is 23.6 Å². The average Bonchev–Trinajstić information content (AvgIpc) is 3.02. The molecule has 2 aliphatic rings. The van der Waals surface area contributed by atoms with Gasteiger partial charge in [-0.15, -0.1) is 0 Å². The molecule has 2 heterocycles. The zero-order valence-electron chi connectivity index (χ0n) is 15.1. The van der Waals surface area contributed by atoms with Gasteiger partial charge >= 0.3 is 0 Å². The Morgan fingerprint density at radius 2 is 2.08 bits per heavy atom. The van der Waals surface area contributed by atoms with Gasteiger partial charge in [0.1, 0.15) is 0 Å². The summed E-state index contributed by atoms with van der Waals surface area (Å²) in [5.74, 6) is 0.899. The van der Waals surface area contributed by atoms with E-state index >= 15 is 0 Å². The van der Waals surface area contributed by atoms with Gasteiger partial charge in [-0.1, -0.05) is 18.5 Å². The number of halogens is 1. The third-order valence-electron chi connectivity index (χ3n) is 4.24. The lowest BCUT2D eigenvalue weighted by atomic mass is 10.1. The van der Waals surface area contributed by atoms with Crippen molar-refractivity contribution in [3.8, 4) is 11.5 Å². The second-order valence-electron chi connectivity index (χ2n) is 6.24. The van der Waals surface area contributed by atoms with E-state index in [4.69, 9.17) is 21.1 Å². The number of carbonyl (C=O) groups is 1. The summed E-state index contributed by atoms with van der Waals surface area (Å²) < 4.78 is 11.1. The van der Waals surface area contributed by atoms with Crippen molar-refractivity contribution in [2.75, 3.05) is 26.8 Å². The first-order valence-electron chi connectivity index (χ1n) is 8.90. The lowest BCUT2D eigenvalue weighted by Gasteiger charge is -2.27. The van der Waals surface area contributed by atoms with Gasteiger partial charge in [0, 0.05) is 13.1 Å². The first-order valence-corrected chi connectivity index (χ1v) is 10.1. The second kappa shape index (κ2) is 8.82. The fourth-order valence-electron chi connectivity index (χ4n) is 2.94. The van der Waals surface area contributed by atoms with Crippen LogP contribution < -0.4 is 9.47 Å². The second-order valence-corrected chi connectivity index (χ2v) is 7.66. The van der Waals surface area contributed by atoms with Crippen molar-refractivity contribution >= 4 is 40.5 Å². The smallest absolute Gasteiger partial charge is 0.286 e. The fourth-order valence-corrected chi connectivity index (χ4v) is 4.18. The van der Waals surface area contributed by atoms with Crippen molar-refractivity contribution in [3.05, 3.63) is 27.6 Å². The number of ether oxygens (including phenoxy) is 2. The fraction of sp³-hybridized carbons (Fsp3) is 0.474. The van der Waals surface area contributed by atoms with Crippen molar-refractivity contribution in [3.63, 3.8) is 0 Å². The minimum atomic E-state index is -0.197. The minimum absolute atomic E-state index is 0.197. The van der Waals surface area contributed by atoms with Crippen molar-refractivity contribution < 1.29 is 14.3 Å². The molecule has 26 heavy (non-hydrogen) atoms. The summed E-state index contributed by atoms with van der Waals surface area (Å²) in [5.41, 5.74) is 0.793. The molecule has 140 valence electrons. The van der Waals surface area contributed by atoms with E-state index in [2.05, 4.69) is 9.89 Å². The lowest BCUT2D eigenvalue weighted by molar-refractivity contribution is -0.113. The minimum Gasteiger partial charge on any atom is -0.493 e. The molecule has 1 fully saturated rings. The number of amides is 1. The molecule has 0 bridgehead atoms. The Morgan fingerprint density at radius 3 is 2.77 bits per heavy atom. The molecule has 1 aromatic carbocycles.